The molecule has 6 nitrogen and oxygen atoms in total. The molecule has 1 aliphatic rings. The lowest BCUT2D eigenvalue weighted by atomic mass is 9.93. The van der Waals surface area contributed by atoms with Gasteiger partial charge in [0, 0.05) is 52.8 Å². The van der Waals surface area contributed by atoms with E-state index in [4.69, 9.17) is 11.6 Å². The quantitative estimate of drug-likeness (QED) is 0.210. The molecule has 0 spiro atoms. The van der Waals surface area contributed by atoms with Crippen molar-refractivity contribution < 1.29 is 32.3 Å². The summed E-state index contributed by atoms with van der Waals surface area (Å²) in [5, 5.41) is 11.9. The lowest BCUT2D eigenvalue weighted by Gasteiger charge is -2.34. The largest absolute Gasteiger partial charge is 0.481 e. The van der Waals surface area contributed by atoms with E-state index in [-0.39, 0.29) is 49.2 Å². The van der Waals surface area contributed by atoms with Crippen LogP contribution >= 0.6 is 27.5 Å². The summed E-state index contributed by atoms with van der Waals surface area (Å²) in [5.41, 5.74) is 0.758. The van der Waals surface area contributed by atoms with Crippen LogP contribution < -0.4 is 10.2 Å². The molecule has 1 aliphatic heterocycles. The van der Waals surface area contributed by atoms with Crippen LogP contribution in [0.15, 0.2) is 34.8 Å². The summed E-state index contributed by atoms with van der Waals surface area (Å²) in [6, 6.07) is 6.83. The minimum atomic E-state index is -2.89. The Bertz CT molecular complexity index is 1440. The average Bonchev–Trinajstić information content (AvgIpc) is 2.86. The number of carboxylic acids is 1. The van der Waals surface area contributed by atoms with Crippen LogP contribution in [0.2, 0.25) is 5.02 Å². The van der Waals surface area contributed by atoms with Crippen molar-refractivity contribution in [2.45, 2.75) is 44.4 Å². The molecule has 0 bridgehead atoms. The highest BCUT2D eigenvalue weighted by molar-refractivity contribution is 9.10. The maximum atomic E-state index is 14.7. The third-order valence-corrected chi connectivity index (χ3v) is 7.66. The van der Waals surface area contributed by atoms with Gasteiger partial charge in [0.15, 0.2) is 0 Å². The third kappa shape index (κ3) is 6.46. The summed E-state index contributed by atoms with van der Waals surface area (Å²) in [7, 11) is 0. The number of anilines is 1. The Labute approximate surface area is 235 Å². The highest BCUT2D eigenvalue weighted by Gasteiger charge is 2.37. The number of amides is 1. The molecular formula is C27H25BrClF4N3O3. The van der Waals surface area contributed by atoms with E-state index in [1.165, 1.54) is 4.90 Å². The number of hydrogen-bond acceptors (Lipinski definition) is 4. The Morgan fingerprint density at radius 1 is 1.23 bits per heavy atom. The summed E-state index contributed by atoms with van der Waals surface area (Å²) in [6.45, 7) is 1.19. The van der Waals surface area contributed by atoms with Gasteiger partial charge in [-0.1, -0.05) is 27.5 Å². The zero-order chi connectivity index (χ0) is 28.5. The summed E-state index contributed by atoms with van der Waals surface area (Å²) in [6.07, 6.45) is -0.456. The van der Waals surface area contributed by atoms with Gasteiger partial charge in [0.2, 0.25) is 0 Å². The second kappa shape index (κ2) is 11.7. The fourth-order valence-corrected chi connectivity index (χ4v) is 5.60. The first kappa shape index (κ1) is 29.1. The van der Waals surface area contributed by atoms with E-state index < -0.39 is 46.9 Å². The SMILES string of the molecule is Cc1c(N2CCCC(F)(F)C2)nc2ccc(Br)cc2c1C(=O)NC[C@H](CCC(=O)O)c1c(F)ccc(F)c1Cl. The van der Waals surface area contributed by atoms with Crippen molar-refractivity contribution in [3.63, 3.8) is 0 Å². The number of hydrogen-bond donors (Lipinski definition) is 2. The first-order valence-corrected chi connectivity index (χ1v) is 13.4. The summed E-state index contributed by atoms with van der Waals surface area (Å²) in [4.78, 5) is 30.9. The lowest BCUT2D eigenvalue weighted by molar-refractivity contribution is -0.137. The molecule has 2 heterocycles. The van der Waals surface area contributed by atoms with Gasteiger partial charge in [0.05, 0.1) is 22.6 Å². The zero-order valence-electron chi connectivity index (χ0n) is 20.8. The summed E-state index contributed by atoms with van der Waals surface area (Å²) in [5.74, 6) is -7.03. The van der Waals surface area contributed by atoms with Crippen LogP contribution in [0.1, 0.15) is 53.1 Å². The Balaban J connectivity index is 1.72. The maximum Gasteiger partial charge on any atom is 0.303 e. The number of nitrogens with zero attached hydrogens (tertiary/aromatic N) is 2. The Morgan fingerprint density at radius 3 is 2.64 bits per heavy atom. The monoisotopic (exact) mass is 629 g/mol. The van der Waals surface area contributed by atoms with Gasteiger partial charge in [0.25, 0.3) is 11.8 Å². The molecule has 12 heteroatoms. The van der Waals surface area contributed by atoms with Crippen LogP contribution in [-0.4, -0.2) is 47.5 Å². The van der Waals surface area contributed by atoms with Crippen LogP contribution in [0.5, 0.6) is 0 Å². The van der Waals surface area contributed by atoms with Gasteiger partial charge < -0.3 is 15.3 Å². The number of halogens is 6. The zero-order valence-corrected chi connectivity index (χ0v) is 23.2. The van der Waals surface area contributed by atoms with Gasteiger partial charge in [-0.2, -0.15) is 0 Å². The number of pyridine rings is 1. The predicted octanol–water partition coefficient (Wildman–Crippen LogP) is 6.85. The van der Waals surface area contributed by atoms with E-state index >= 15 is 0 Å². The number of aliphatic carboxylic acids is 1. The molecule has 2 aromatic carbocycles. The topological polar surface area (TPSA) is 82.5 Å². The number of carbonyl (C=O) groups excluding carboxylic acids is 1. The highest BCUT2D eigenvalue weighted by atomic mass is 79.9. The average molecular weight is 631 g/mol. The number of rotatable bonds is 8. The van der Waals surface area contributed by atoms with E-state index in [2.05, 4.69) is 26.2 Å². The van der Waals surface area contributed by atoms with E-state index in [0.717, 1.165) is 12.1 Å². The van der Waals surface area contributed by atoms with Gasteiger partial charge in [-0.25, -0.2) is 22.5 Å². The highest BCUT2D eigenvalue weighted by Crippen LogP contribution is 2.36. The second-order valence-corrected chi connectivity index (χ2v) is 10.9. The fourth-order valence-electron chi connectivity index (χ4n) is 4.93. The summed E-state index contributed by atoms with van der Waals surface area (Å²) >= 11 is 9.42. The van der Waals surface area contributed by atoms with Gasteiger partial charge in [-0.15, -0.1) is 0 Å². The van der Waals surface area contributed by atoms with Crippen molar-refractivity contribution in [1.29, 1.82) is 0 Å². The first-order chi connectivity index (χ1) is 18.4. The Hall–Kier alpha value is -2.92. The van der Waals surface area contributed by atoms with Crippen molar-refractivity contribution in [1.82, 2.24) is 10.3 Å². The van der Waals surface area contributed by atoms with Crippen LogP contribution in [0.4, 0.5) is 23.4 Å². The van der Waals surface area contributed by atoms with Crippen molar-refractivity contribution in [2.75, 3.05) is 24.5 Å². The molecule has 208 valence electrons. The van der Waals surface area contributed by atoms with Crippen LogP contribution in [0, 0.1) is 18.6 Å². The van der Waals surface area contributed by atoms with Gasteiger partial charge in [-0.3, -0.25) is 9.59 Å². The molecule has 1 aromatic heterocycles. The molecule has 1 amide bonds. The number of aromatic nitrogens is 1. The fraction of sp³-hybridized carbons (Fsp3) is 0.370. The van der Waals surface area contributed by atoms with Crippen molar-refractivity contribution in [2.24, 2.45) is 0 Å². The molecule has 0 aliphatic carbocycles. The molecule has 2 N–H and O–H groups in total. The van der Waals surface area contributed by atoms with Crippen molar-refractivity contribution >= 4 is 56.1 Å². The van der Waals surface area contributed by atoms with E-state index in [1.807, 2.05) is 0 Å². The molecule has 1 fully saturated rings. The number of piperidine rings is 1. The number of nitrogens with one attached hydrogen (secondary N) is 1. The number of alkyl halides is 2. The van der Waals surface area contributed by atoms with E-state index in [9.17, 15) is 32.3 Å². The van der Waals surface area contributed by atoms with Crippen LogP contribution in [0.25, 0.3) is 10.9 Å². The number of fused-ring (bicyclic) bond motifs is 1. The molecule has 0 unspecified atom stereocenters. The second-order valence-electron chi connectivity index (χ2n) is 9.57. The van der Waals surface area contributed by atoms with E-state index in [0.29, 0.717) is 27.5 Å². The molecule has 0 radical (unpaired) electrons. The molecule has 39 heavy (non-hydrogen) atoms. The van der Waals surface area contributed by atoms with Crippen LogP contribution in [0.3, 0.4) is 0 Å². The predicted molar refractivity (Wildman–Crippen MR) is 144 cm³/mol. The molecule has 1 atom stereocenters. The van der Waals surface area contributed by atoms with Gasteiger partial charge in [-0.05, 0) is 50.1 Å². The summed E-state index contributed by atoms with van der Waals surface area (Å²) < 4.78 is 58.0. The maximum absolute atomic E-state index is 14.7. The minimum Gasteiger partial charge on any atom is -0.481 e. The molecular weight excluding hydrogens is 606 g/mol. The van der Waals surface area contributed by atoms with Gasteiger partial charge >= 0.3 is 5.97 Å². The molecule has 4 rings (SSSR count). The lowest BCUT2D eigenvalue weighted by Crippen LogP contribution is -2.43. The molecule has 1 saturated heterocycles. The van der Waals surface area contributed by atoms with Crippen molar-refractivity contribution in [3.8, 4) is 0 Å². The minimum absolute atomic E-state index is 0.120. The number of carbonyl (C=O) groups is 2. The Morgan fingerprint density at radius 2 is 1.95 bits per heavy atom. The number of carboxylic acid groups (broad SMARTS) is 1. The molecule has 3 aromatic rings. The molecule has 0 saturated carbocycles. The Kier molecular flexibility index (Phi) is 8.70. The third-order valence-electron chi connectivity index (χ3n) is 6.79. The number of benzene rings is 2. The standard InChI is InChI=1S/C27H25BrClF4N3O3/c1-14-22(17-11-16(28)4-7-20(17)35-25(14)36-10-2-9-27(32,33)13-36)26(39)34-12-15(3-8-21(37)38)23-18(30)5-6-19(31)24(23)29/h4-7,11,15H,2-3,8-10,12-13H2,1H3,(H,34,39)(H,37,38)/t15-/m0/s1. The normalized spacial score (nSPS) is 15.8. The van der Waals surface area contributed by atoms with E-state index in [1.54, 1.807) is 25.1 Å². The van der Waals surface area contributed by atoms with Gasteiger partial charge in [0.1, 0.15) is 17.5 Å². The van der Waals surface area contributed by atoms with Crippen molar-refractivity contribution in [3.05, 3.63) is 68.2 Å². The smallest absolute Gasteiger partial charge is 0.303 e. The first-order valence-electron chi connectivity index (χ1n) is 12.2. The van der Waals surface area contributed by atoms with Crippen LogP contribution in [-0.2, 0) is 4.79 Å².